The number of imidazole rings is 1. The van der Waals surface area contributed by atoms with Crippen molar-refractivity contribution in [3.05, 3.63) is 72.7 Å². The first-order valence-corrected chi connectivity index (χ1v) is 8.09. The number of hydrogen-bond donors (Lipinski definition) is 0. The first-order valence-electron chi connectivity index (χ1n) is 8.09. The molecule has 118 valence electrons. The number of pyridine rings is 2. The van der Waals surface area contributed by atoms with E-state index in [1.54, 1.807) is 12.4 Å². The van der Waals surface area contributed by atoms with E-state index in [1.807, 2.05) is 42.6 Å². The Morgan fingerprint density at radius 2 is 1.67 bits per heavy atom. The third-order valence-corrected chi connectivity index (χ3v) is 4.15. The monoisotopic (exact) mass is 314 g/mol. The van der Waals surface area contributed by atoms with Crippen molar-refractivity contribution in [2.75, 3.05) is 0 Å². The fraction of sp³-hybridized carbons (Fsp3) is 0.150. The molecule has 0 aliphatic carbocycles. The molecule has 4 nitrogen and oxygen atoms in total. The summed E-state index contributed by atoms with van der Waals surface area (Å²) in [6.45, 7) is 4.37. The maximum atomic E-state index is 4.85. The summed E-state index contributed by atoms with van der Waals surface area (Å²) in [5.41, 5.74) is 4.26. The van der Waals surface area contributed by atoms with E-state index in [2.05, 4.69) is 40.5 Å². The molecule has 0 spiro atoms. The Hall–Kier alpha value is -3.01. The van der Waals surface area contributed by atoms with Gasteiger partial charge in [0.1, 0.15) is 11.6 Å². The van der Waals surface area contributed by atoms with Crippen LogP contribution in [0.4, 0.5) is 0 Å². The van der Waals surface area contributed by atoms with Crippen LogP contribution in [0.15, 0.2) is 67.1 Å². The second kappa shape index (κ2) is 5.89. The Balaban J connectivity index is 2.08. The Morgan fingerprint density at radius 3 is 2.46 bits per heavy atom. The number of hydrogen-bond acceptors (Lipinski definition) is 3. The molecule has 0 amide bonds. The Kier molecular flexibility index (Phi) is 3.58. The van der Waals surface area contributed by atoms with Crippen LogP contribution < -0.4 is 0 Å². The molecule has 4 rings (SSSR count). The summed E-state index contributed by atoms with van der Waals surface area (Å²) in [5.74, 6) is 2.20. The molecule has 24 heavy (non-hydrogen) atoms. The van der Waals surface area contributed by atoms with Crippen LogP contribution in [0.25, 0.3) is 28.2 Å². The molecular formula is C20H18N4. The smallest absolute Gasteiger partial charge is 0.147 e. The summed E-state index contributed by atoms with van der Waals surface area (Å²) >= 11 is 0. The SMILES string of the molecule is CC(C)c1cccnc1-n1c(-c2ccncc2)nc2ccccc21. The second-order valence-electron chi connectivity index (χ2n) is 6.07. The van der Waals surface area contributed by atoms with Crippen LogP contribution in [0.3, 0.4) is 0 Å². The van der Waals surface area contributed by atoms with Gasteiger partial charge in [-0.05, 0) is 41.8 Å². The molecule has 1 aromatic carbocycles. The number of aromatic nitrogens is 4. The summed E-state index contributed by atoms with van der Waals surface area (Å²) in [6.07, 6.45) is 5.42. The van der Waals surface area contributed by atoms with E-state index in [9.17, 15) is 0 Å². The highest BCUT2D eigenvalue weighted by Crippen LogP contribution is 2.30. The van der Waals surface area contributed by atoms with Gasteiger partial charge < -0.3 is 0 Å². The van der Waals surface area contributed by atoms with Gasteiger partial charge in [0.25, 0.3) is 0 Å². The van der Waals surface area contributed by atoms with Crippen LogP contribution >= 0.6 is 0 Å². The highest BCUT2D eigenvalue weighted by Gasteiger charge is 2.18. The minimum Gasteiger partial charge on any atom is -0.276 e. The maximum absolute atomic E-state index is 4.85. The van der Waals surface area contributed by atoms with Crippen LogP contribution in [0.2, 0.25) is 0 Å². The van der Waals surface area contributed by atoms with Gasteiger partial charge in [-0.3, -0.25) is 9.55 Å². The minimum absolute atomic E-state index is 0.375. The van der Waals surface area contributed by atoms with Crippen molar-refractivity contribution >= 4 is 11.0 Å². The summed E-state index contributed by atoms with van der Waals surface area (Å²) in [5, 5.41) is 0. The van der Waals surface area contributed by atoms with Crippen molar-refractivity contribution < 1.29 is 0 Å². The first kappa shape index (κ1) is 14.6. The second-order valence-corrected chi connectivity index (χ2v) is 6.07. The maximum Gasteiger partial charge on any atom is 0.147 e. The molecule has 3 heterocycles. The molecule has 0 radical (unpaired) electrons. The summed E-state index contributed by atoms with van der Waals surface area (Å²) < 4.78 is 2.15. The van der Waals surface area contributed by atoms with Crippen LogP contribution in [-0.4, -0.2) is 19.5 Å². The number of fused-ring (bicyclic) bond motifs is 1. The summed E-state index contributed by atoms with van der Waals surface area (Å²) in [4.78, 5) is 13.7. The lowest BCUT2D eigenvalue weighted by atomic mass is 10.0. The molecule has 0 unspecified atom stereocenters. The molecule has 0 aliphatic rings. The highest BCUT2D eigenvalue weighted by molar-refractivity contribution is 5.83. The van der Waals surface area contributed by atoms with E-state index in [1.165, 1.54) is 5.56 Å². The van der Waals surface area contributed by atoms with Crippen LogP contribution in [0, 0.1) is 0 Å². The average molecular weight is 314 g/mol. The van der Waals surface area contributed by atoms with Gasteiger partial charge in [-0.25, -0.2) is 9.97 Å². The molecule has 0 atom stereocenters. The van der Waals surface area contributed by atoms with E-state index in [0.29, 0.717) is 5.92 Å². The fourth-order valence-corrected chi connectivity index (χ4v) is 2.98. The topological polar surface area (TPSA) is 43.6 Å². The van der Waals surface area contributed by atoms with Crippen molar-refractivity contribution in [2.45, 2.75) is 19.8 Å². The predicted octanol–water partition coefficient (Wildman–Crippen LogP) is 4.61. The standard InChI is InChI=1S/C20H18N4/c1-14(2)16-6-5-11-22-20(16)24-18-8-4-3-7-17(18)23-19(24)15-9-12-21-13-10-15/h3-14H,1-2H3. The van der Waals surface area contributed by atoms with Gasteiger partial charge in [-0.1, -0.05) is 32.0 Å². The molecular weight excluding hydrogens is 296 g/mol. The lowest BCUT2D eigenvalue weighted by Crippen LogP contribution is -2.05. The number of para-hydroxylation sites is 2. The summed E-state index contributed by atoms with van der Waals surface area (Å²) in [7, 11) is 0. The number of benzene rings is 1. The lowest BCUT2D eigenvalue weighted by molar-refractivity contribution is 0.835. The molecule has 4 heteroatoms. The quantitative estimate of drug-likeness (QED) is 0.555. The van der Waals surface area contributed by atoms with Crippen LogP contribution in [0.5, 0.6) is 0 Å². The van der Waals surface area contributed by atoms with Gasteiger partial charge in [0.05, 0.1) is 11.0 Å². The molecule has 0 saturated heterocycles. The third kappa shape index (κ3) is 2.36. The lowest BCUT2D eigenvalue weighted by Gasteiger charge is -2.15. The summed E-state index contributed by atoms with van der Waals surface area (Å²) in [6, 6.07) is 16.3. The molecule has 0 bridgehead atoms. The van der Waals surface area contributed by atoms with E-state index < -0.39 is 0 Å². The predicted molar refractivity (Wildman–Crippen MR) is 96.2 cm³/mol. The van der Waals surface area contributed by atoms with Crippen molar-refractivity contribution in [2.24, 2.45) is 0 Å². The zero-order valence-corrected chi connectivity index (χ0v) is 13.7. The van der Waals surface area contributed by atoms with Gasteiger partial charge in [-0.15, -0.1) is 0 Å². The zero-order valence-electron chi connectivity index (χ0n) is 13.7. The van der Waals surface area contributed by atoms with Crippen molar-refractivity contribution in [1.29, 1.82) is 0 Å². The van der Waals surface area contributed by atoms with Gasteiger partial charge in [-0.2, -0.15) is 0 Å². The molecule has 3 aromatic heterocycles. The van der Waals surface area contributed by atoms with E-state index in [4.69, 9.17) is 4.98 Å². The van der Waals surface area contributed by atoms with Crippen molar-refractivity contribution in [3.8, 4) is 17.2 Å². The zero-order chi connectivity index (χ0) is 16.5. The number of nitrogens with zero attached hydrogens (tertiary/aromatic N) is 4. The highest BCUT2D eigenvalue weighted by atomic mass is 15.1. The van der Waals surface area contributed by atoms with Gasteiger partial charge in [0.2, 0.25) is 0 Å². The third-order valence-electron chi connectivity index (χ3n) is 4.15. The average Bonchev–Trinajstić information content (AvgIpc) is 3.02. The fourth-order valence-electron chi connectivity index (χ4n) is 2.98. The Morgan fingerprint density at radius 1 is 0.875 bits per heavy atom. The van der Waals surface area contributed by atoms with Crippen LogP contribution in [0.1, 0.15) is 25.3 Å². The van der Waals surface area contributed by atoms with Crippen molar-refractivity contribution in [1.82, 2.24) is 19.5 Å². The van der Waals surface area contributed by atoms with Gasteiger partial charge >= 0.3 is 0 Å². The largest absolute Gasteiger partial charge is 0.276 e. The minimum atomic E-state index is 0.375. The Labute approximate surface area is 140 Å². The van der Waals surface area contributed by atoms with Crippen LogP contribution in [-0.2, 0) is 0 Å². The molecule has 0 saturated carbocycles. The Bertz CT molecular complexity index is 987. The van der Waals surface area contributed by atoms with Gasteiger partial charge in [0.15, 0.2) is 0 Å². The first-order chi connectivity index (χ1) is 11.8. The molecule has 0 N–H and O–H groups in total. The van der Waals surface area contributed by atoms with Gasteiger partial charge in [0, 0.05) is 24.2 Å². The normalized spacial score (nSPS) is 11.3. The van der Waals surface area contributed by atoms with E-state index in [-0.39, 0.29) is 0 Å². The molecule has 0 fully saturated rings. The van der Waals surface area contributed by atoms with E-state index >= 15 is 0 Å². The van der Waals surface area contributed by atoms with E-state index in [0.717, 1.165) is 28.2 Å². The molecule has 4 aromatic rings. The number of rotatable bonds is 3. The van der Waals surface area contributed by atoms with Crippen molar-refractivity contribution in [3.63, 3.8) is 0 Å². The molecule has 0 aliphatic heterocycles.